The van der Waals surface area contributed by atoms with Crippen molar-refractivity contribution in [1.29, 1.82) is 0 Å². The number of amides is 2. The molecule has 0 fully saturated rings. The van der Waals surface area contributed by atoms with Crippen LogP contribution in [-0.2, 0) is 9.59 Å². The Morgan fingerprint density at radius 3 is 2.65 bits per heavy atom. The molecule has 7 nitrogen and oxygen atoms in total. The van der Waals surface area contributed by atoms with E-state index in [0.717, 1.165) is 0 Å². The third kappa shape index (κ3) is 5.37. The Morgan fingerprint density at radius 2 is 2.10 bits per heavy atom. The van der Waals surface area contributed by atoms with Crippen LogP contribution in [0, 0.1) is 0 Å². The summed E-state index contributed by atoms with van der Waals surface area (Å²) >= 11 is 1.33. The summed E-state index contributed by atoms with van der Waals surface area (Å²) in [4.78, 5) is 34.1. The zero-order valence-electron chi connectivity index (χ0n) is 10.7. The van der Waals surface area contributed by atoms with Crippen molar-refractivity contribution in [1.82, 2.24) is 10.6 Å². The lowest BCUT2D eigenvalue weighted by Crippen LogP contribution is -2.43. The Hall–Kier alpha value is -1.93. The minimum absolute atomic E-state index is 0.0779. The van der Waals surface area contributed by atoms with Crippen molar-refractivity contribution >= 4 is 29.1 Å². The molecule has 1 aromatic heterocycles. The van der Waals surface area contributed by atoms with Gasteiger partial charge in [0.2, 0.25) is 5.91 Å². The molecule has 0 aliphatic heterocycles. The number of hydrogen-bond donors (Lipinski definition) is 4. The molecule has 1 atom stereocenters. The lowest BCUT2D eigenvalue weighted by atomic mass is 10.2. The van der Waals surface area contributed by atoms with E-state index in [1.165, 1.54) is 11.3 Å². The Balaban J connectivity index is 2.19. The number of carbonyl (C=O) groups is 3. The Bertz CT molecular complexity index is 460. The van der Waals surface area contributed by atoms with Crippen molar-refractivity contribution in [2.75, 3.05) is 13.2 Å². The monoisotopic (exact) mass is 300 g/mol. The Labute approximate surface area is 119 Å². The van der Waals surface area contributed by atoms with Crippen molar-refractivity contribution in [3.63, 3.8) is 0 Å². The van der Waals surface area contributed by atoms with E-state index in [-0.39, 0.29) is 12.3 Å². The molecule has 0 saturated carbocycles. The zero-order chi connectivity index (χ0) is 15.0. The third-order valence-corrected chi connectivity index (χ3v) is 3.30. The molecule has 0 bridgehead atoms. The van der Waals surface area contributed by atoms with E-state index in [0.29, 0.717) is 17.8 Å². The van der Waals surface area contributed by atoms with Crippen LogP contribution in [0.4, 0.5) is 0 Å². The average molecular weight is 300 g/mol. The van der Waals surface area contributed by atoms with Crippen molar-refractivity contribution < 1.29 is 24.6 Å². The van der Waals surface area contributed by atoms with Crippen molar-refractivity contribution in [2.45, 2.75) is 18.9 Å². The van der Waals surface area contributed by atoms with Crippen molar-refractivity contribution in [2.24, 2.45) is 0 Å². The van der Waals surface area contributed by atoms with Gasteiger partial charge < -0.3 is 20.8 Å². The predicted octanol–water partition coefficient (Wildman–Crippen LogP) is -0.180. The smallest absolute Gasteiger partial charge is 0.328 e. The van der Waals surface area contributed by atoms with Gasteiger partial charge in [0.15, 0.2) is 0 Å². The lowest BCUT2D eigenvalue weighted by Gasteiger charge is -2.11. The number of thiophene rings is 1. The van der Waals surface area contributed by atoms with Crippen LogP contribution in [0.5, 0.6) is 0 Å². The molecule has 0 unspecified atom stereocenters. The maximum absolute atomic E-state index is 11.6. The van der Waals surface area contributed by atoms with Crippen LogP contribution in [-0.4, -0.2) is 47.2 Å². The molecular weight excluding hydrogens is 284 g/mol. The normalized spacial score (nSPS) is 11.7. The fraction of sp³-hybridized carbons (Fsp3) is 0.417. The predicted molar refractivity (Wildman–Crippen MR) is 72.5 cm³/mol. The van der Waals surface area contributed by atoms with Gasteiger partial charge >= 0.3 is 5.97 Å². The second kappa shape index (κ2) is 8.28. The van der Waals surface area contributed by atoms with Crippen LogP contribution in [0.25, 0.3) is 0 Å². The molecule has 1 aromatic rings. The van der Waals surface area contributed by atoms with E-state index in [9.17, 15) is 14.4 Å². The molecule has 0 saturated heterocycles. The maximum Gasteiger partial charge on any atom is 0.328 e. The van der Waals surface area contributed by atoms with E-state index in [2.05, 4.69) is 10.6 Å². The van der Waals surface area contributed by atoms with Crippen LogP contribution < -0.4 is 10.6 Å². The highest BCUT2D eigenvalue weighted by atomic mass is 32.1. The van der Waals surface area contributed by atoms with Crippen LogP contribution in [0.1, 0.15) is 22.5 Å². The van der Waals surface area contributed by atoms with Gasteiger partial charge in [-0.25, -0.2) is 4.79 Å². The molecule has 8 heteroatoms. The first kappa shape index (κ1) is 16.1. The van der Waals surface area contributed by atoms with Crippen LogP contribution in [0.3, 0.4) is 0 Å². The largest absolute Gasteiger partial charge is 0.480 e. The fourth-order valence-electron chi connectivity index (χ4n) is 1.40. The average Bonchev–Trinajstić information content (AvgIpc) is 2.94. The maximum atomic E-state index is 11.6. The number of rotatable bonds is 8. The first-order valence-corrected chi connectivity index (χ1v) is 6.87. The molecule has 1 heterocycles. The molecule has 20 heavy (non-hydrogen) atoms. The van der Waals surface area contributed by atoms with Crippen molar-refractivity contribution in [3.05, 3.63) is 22.4 Å². The Morgan fingerprint density at radius 1 is 1.35 bits per heavy atom. The fourth-order valence-corrected chi connectivity index (χ4v) is 2.04. The first-order valence-electron chi connectivity index (χ1n) is 5.99. The number of aliphatic hydroxyl groups excluding tert-OH is 1. The molecule has 0 radical (unpaired) electrons. The van der Waals surface area contributed by atoms with Gasteiger partial charge in [-0.2, -0.15) is 0 Å². The van der Waals surface area contributed by atoms with Crippen LogP contribution in [0.15, 0.2) is 17.5 Å². The molecule has 1 rings (SSSR count). The third-order valence-electron chi connectivity index (χ3n) is 2.43. The summed E-state index contributed by atoms with van der Waals surface area (Å²) in [5.41, 5.74) is 0. The van der Waals surface area contributed by atoms with E-state index in [1.807, 2.05) is 0 Å². The molecule has 2 amide bonds. The second-order valence-corrected chi connectivity index (χ2v) is 4.93. The highest BCUT2D eigenvalue weighted by Crippen LogP contribution is 2.07. The molecular formula is C12H16N2O5S. The number of hydrogen-bond acceptors (Lipinski definition) is 5. The minimum Gasteiger partial charge on any atom is -0.480 e. The second-order valence-electron chi connectivity index (χ2n) is 3.98. The molecule has 110 valence electrons. The number of carboxylic acid groups (broad SMARTS) is 1. The van der Waals surface area contributed by atoms with Crippen LogP contribution in [0.2, 0.25) is 0 Å². The van der Waals surface area contributed by atoms with Gasteiger partial charge in [0, 0.05) is 13.0 Å². The van der Waals surface area contributed by atoms with Crippen LogP contribution >= 0.6 is 11.3 Å². The summed E-state index contributed by atoms with van der Waals surface area (Å²) in [7, 11) is 0. The zero-order valence-corrected chi connectivity index (χ0v) is 11.5. The molecule has 4 N–H and O–H groups in total. The summed E-state index contributed by atoms with van der Waals surface area (Å²) < 4.78 is 0. The van der Waals surface area contributed by atoms with Gasteiger partial charge in [-0.1, -0.05) is 6.07 Å². The number of aliphatic hydroxyl groups is 1. The van der Waals surface area contributed by atoms with Crippen molar-refractivity contribution in [3.8, 4) is 0 Å². The molecule has 0 aliphatic carbocycles. The van der Waals surface area contributed by atoms with E-state index in [4.69, 9.17) is 10.2 Å². The number of aliphatic carboxylic acids is 1. The number of nitrogens with one attached hydrogen (secondary N) is 2. The van der Waals surface area contributed by atoms with Gasteiger partial charge in [0.25, 0.3) is 5.91 Å². The summed E-state index contributed by atoms with van der Waals surface area (Å²) in [5, 5.41) is 24.0. The first-order chi connectivity index (χ1) is 9.54. The lowest BCUT2D eigenvalue weighted by molar-refractivity contribution is -0.142. The molecule has 0 aromatic carbocycles. The minimum atomic E-state index is -1.29. The summed E-state index contributed by atoms with van der Waals surface area (Å²) in [6, 6.07) is 2.18. The van der Waals surface area contributed by atoms with Gasteiger partial charge in [-0.05, 0) is 17.9 Å². The summed E-state index contributed by atoms with van der Waals surface area (Å²) in [6.45, 7) is -0.336. The topological polar surface area (TPSA) is 116 Å². The van der Waals surface area contributed by atoms with E-state index < -0.39 is 24.5 Å². The quantitative estimate of drug-likeness (QED) is 0.497. The van der Waals surface area contributed by atoms with Gasteiger partial charge in [-0.3, -0.25) is 9.59 Å². The molecule has 0 spiro atoms. The summed E-state index contributed by atoms with van der Waals surface area (Å²) in [6.07, 6.45) is 0.467. The highest BCUT2D eigenvalue weighted by molar-refractivity contribution is 7.12. The van der Waals surface area contributed by atoms with Gasteiger partial charge in [-0.15, -0.1) is 11.3 Å². The SMILES string of the molecule is O=C(CCCNC(=O)c1cccs1)N[C@H](CO)C(=O)O. The van der Waals surface area contributed by atoms with Gasteiger partial charge in [0.1, 0.15) is 6.04 Å². The Kier molecular flexibility index (Phi) is 6.68. The standard InChI is InChI=1S/C12H16N2O5S/c15-7-8(12(18)19)14-10(16)4-1-5-13-11(17)9-3-2-6-20-9/h2-3,6,8,15H,1,4-5,7H2,(H,13,17)(H,14,16)(H,18,19)/t8-/m1/s1. The summed E-state index contributed by atoms with van der Waals surface area (Å²) in [5.74, 6) is -1.96. The highest BCUT2D eigenvalue weighted by Gasteiger charge is 2.18. The number of carboxylic acids is 1. The molecule has 0 aliphatic rings. The van der Waals surface area contributed by atoms with E-state index >= 15 is 0 Å². The van der Waals surface area contributed by atoms with E-state index in [1.54, 1.807) is 17.5 Å². The van der Waals surface area contributed by atoms with Gasteiger partial charge in [0.05, 0.1) is 11.5 Å². The number of carbonyl (C=O) groups excluding carboxylic acids is 2.